The Balaban J connectivity index is 1.31. The minimum Gasteiger partial charge on any atom is -0.462 e. The molecular weight excluding hydrogens is 420 g/mol. The number of nitrogens with zero attached hydrogens (tertiary/aromatic N) is 5. The maximum Gasteiger partial charge on any atom is 0.320 e. The van der Waals surface area contributed by atoms with Crippen molar-refractivity contribution in [1.82, 2.24) is 14.9 Å². The van der Waals surface area contributed by atoms with Gasteiger partial charge >= 0.3 is 6.01 Å². The fourth-order valence-electron chi connectivity index (χ4n) is 4.50. The van der Waals surface area contributed by atoms with E-state index in [0.717, 1.165) is 70.3 Å². The highest BCUT2D eigenvalue weighted by molar-refractivity contribution is 6.05. The van der Waals surface area contributed by atoms with E-state index >= 15 is 0 Å². The molecule has 33 heavy (non-hydrogen) atoms. The molecule has 2 aromatic rings. The zero-order valence-electron chi connectivity index (χ0n) is 19.3. The minimum absolute atomic E-state index is 0.373. The fourth-order valence-corrected chi connectivity index (χ4v) is 4.50. The van der Waals surface area contributed by atoms with E-state index in [-0.39, 0.29) is 0 Å². The van der Waals surface area contributed by atoms with Gasteiger partial charge < -0.3 is 19.1 Å². The number of anilines is 2. The third-order valence-electron chi connectivity index (χ3n) is 6.41. The fraction of sp³-hybridized carbons (Fsp3) is 0.542. The summed E-state index contributed by atoms with van der Waals surface area (Å²) >= 11 is 0. The Bertz CT molecular complexity index is 986. The zero-order valence-corrected chi connectivity index (χ0v) is 19.3. The lowest BCUT2D eigenvalue weighted by Crippen LogP contribution is -2.39. The molecule has 2 saturated heterocycles. The van der Waals surface area contributed by atoms with Crippen LogP contribution in [0, 0.1) is 6.92 Å². The Morgan fingerprint density at radius 1 is 1.03 bits per heavy atom. The van der Waals surface area contributed by atoms with Gasteiger partial charge in [-0.15, -0.1) is 0 Å². The second-order valence-corrected chi connectivity index (χ2v) is 8.57. The molecule has 0 atom stereocenters. The Morgan fingerprint density at radius 2 is 1.82 bits per heavy atom. The molecule has 0 spiro atoms. The van der Waals surface area contributed by atoms with Crippen LogP contribution in [-0.2, 0) is 15.9 Å². The normalized spacial score (nSPS) is 20.2. The number of aromatic nitrogens is 2. The van der Waals surface area contributed by atoms with E-state index in [1.165, 1.54) is 16.7 Å². The predicted molar refractivity (Wildman–Crippen MR) is 127 cm³/mol. The molecule has 1 aromatic carbocycles. The second kappa shape index (κ2) is 10.5. The first-order valence-electron chi connectivity index (χ1n) is 11.8. The molecule has 0 radical (unpaired) electrons. The molecule has 1 N–H and O–H groups in total. The van der Waals surface area contributed by atoms with Crippen LogP contribution in [-0.4, -0.2) is 86.3 Å². The van der Waals surface area contributed by atoms with Gasteiger partial charge in [0.1, 0.15) is 12.4 Å². The number of nitrogens with one attached hydrogen (secondary N) is 1. The first-order chi connectivity index (χ1) is 16.3. The number of hydrazone groups is 1. The number of hydrogen-bond donors (Lipinski definition) is 1. The quantitative estimate of drug-likeness (QED) is 0.640. The standard InChI is InChI=1S/C24H32N6O3/c1-18-3-2-4-20-19(18)5-6-21(20)27-28-22-17-23(30-10-14-32-15-11-30)26-24(25-22)33-16-9-29-7-12-31-13-8-29/h2-4,17H,5-16H2,1H3,(H,25,26,28)/b27-21+. The average molecular weight is 453 g/mol. The summed E-state index contributed by atoms with van der Waals surface area (Å²) in [4.78, 5) is 13.8. The van der Waals surface area contributed by atoms with Gasteiger partial charge in [0.2, 0.25) is 0 Å². The highest BCUT2D eigenvalue weighted by Gasteiger charge is 2.20. The topological polar surface area (TPSA) is 84.3 Å². The molecule has 0 unspecified atom stereocenters. The molecule has 1 aliphatic carbocycles. The van der Waals surface area contributed by atoms with Crippen LogP contribution in [0.5, 0.6) is 6.01 Å². The van der Waals surface area contributed by atoms with Crippen molar-refractivity contribution < 1.29 is 14.2 Å². The first-order valence-corrected chi connectivity index (χ1v) is 11.8. The maximum absolute atomic E-state index is 5.97. The van der Waals surface area contributed by atoms with Gasteiger partial charge in [-0.2, -0.15) is 15.1 Å². The lowest BCUT2D eigenvalue weighted by atomic mass is 10.0. The Labute approximate surface area is 194 Å². The molecule has 2 fully saturated rings. The predicted octanol–water partition coefficient (Wildman–Crippen LogP) is 2.10. The largest absolute Gasteiger partial charge is 0.462 e. The third-order valence-corrected chi connectivity index (χ3v) is 6.41. The minimum atomic E-state index is 0.373. The van der Waals surface area contributed by atoms with E-state index in [1.54, 1.807) is 0 Å². The molecule has 1 aromatic heterocycles. The summed E-state index contributed by atoms with van der Waals surface area (Å²) in [5.74, 6) is 1.47. The van der Waals surface area contributed by atoms with Crippen molar-refractivity contribution in [2.45, 2.75) is 19.8 Å². The van der Waals surface area contributed by atoms with Crippen molar-refractivity contribution in [2.75, 3.05) is 76.1 Å². The van der Waals surface area contributed by atoms with Crippen molar-refractivity contribution in [3.8, 4) is 6.01 Å². The molecule has 9 heteroatoms. The van der Waals surface area contributed by atoms with Crippen LogP contribution in [0.3, 0.4) is 0 Å². The van der Waals surface area contributed by atoms with E-state index < -0.39 is 0 Å². The summed E-state index contributed by atoms with van der Waals surface area (Å²) in [6, 6.07) is 8.72. The van der Waals surface area contributed by atoms with E-state index in [9.17, 15) is 0 Å². The summed E-state index contributed by atoms with van der Waals surface area (Å²) in [6.45, 7) is 9.93. The third kappa shape index (κ3) is 5.43. The van der Waals surface area contributed by atoms with Crippen molar-refractivity contribution >= 4 is 17.3 Å². The molecule has 3 aliphatic rings. The molecule has 9 nitrogen and oxygen atoms in total. The highest BCUT2D eigenvalue weighted by Crippen LogP contribution is 2.26. The van der Waals surface area contributed by atoms with Gasteiger partial charge in [-0.3, -0.25) is 10.3 Å². The Hall–Kier alpha value is -2.75. The molecule has 0 saturated carbocycles. The van der Waals surface area contributed by atoms with Crippen molar-refractivity contribution in [2.24, 2.45) is 5.10 Å². The lowest BCUT2D eigenvalue weighted by Gasteiger charge is -2.28. The molecule has 2 aliphatic heterocycles. The molecule has 5 rings (SSSR count). The van der Waals surface area contributed by atoms with E-state index in [2.05, 4.69) is 50.3 Å². The van der Waals surface area contributed by atoms with Crippen molar-refractivity contribution in [3.05, 3.63) is 41.0 Å². The number of benzene rings is 1. The van der Waals surface area contributed by atoms with Gasteiger partial charge in [-0.1, -0.05) is 18.2 Å². The number of hydrogen-bond acceptors (Lipinski definition) is 9. The smallest absolute Gasteiger partial charge is 0.320 e. The summed E-state index contributed by atoms with van der Waals surface area (Å²) in [7, 11) is 0. The van der Waals surface area contributed by atoms with Crippen LogP contribution in [0.1, 0.15) is 23.1 Å². The number of aryl methyl sites for hydroxylation is 1. The van der Waals surface area contributed by atoms with Gasteiger partial charge in [0, 0.05) is 44.4 Å². The van der Waals surface area contributed by atoms with Crippen LogP contribution in [0.15, 0.2) is 29.4 Å². The van der Waals surface area contributed by atoms with Crippen molar-refractivity contribution in [1.29, 1.82) is 0 Å². The van der Waals surface area contributed by atoms with Crippen LogP contribution in [0.25, 0.3) is 0 Å². The van der Waals surface area contributed by atoms with E-state index in [1.807, 2.05) is 6.07 Å². The maximum atomic E-state index is 5.97. The molecule has 3 heterocycles. The summed E-state index contributed by atoms with van der Waals surface area (Å²) in [6.07, 6.45) is 1.96. The van der Waals surface area contributed by atoms with Gasteiger partial charge in [-0.05, 0) is 30.9 Å². The van der Waals surface area contributed by atoms with Crippen LogP contribution in [0.4, 0.5) is 11.6 Å². The average Bonchev–Trinajstić information content (AvgIpc) is 3.28. The van der Waals surface area contributed by atoms with Crippen molar-refractivity contribution in [3.63, 3.8) is 0 Å². The van der Waals surface area contributed by atoms with Crippen LogP contribution < -0.4 is 15.1 Å². The van der Waals surface area contributed by atoms with E-state index in [4.69, 9.17) is 19.3 Å². The summed E-state index contributed by atoms with van der Waals surface area (Å²) in [5, 5.41) is 4.71. The molecular formula is C24H32N6O3. The number of ether oxygens (including phenoxy) is 3. The van der Waals surface area contributed by atoms with Gasteiger partial charge in [-0.25, -0.2) is 0 Å². The first kappa shape index (κ1) is 22.1. The van der Waals surface area contributed by atoms with E-state index in [0.29, 0.717) is 31.6 Å². The summed E-state index contributed by atoms with van der Waals surface area (Å²) < 4.78 is 16.9. The van der Waals surface area contributed by atoms with Gasteiger partial charge in [0.15, 0.2) is 5.82 Å². The van der Waals surface area contributed by atoms with Crippen LogP contribution in [0.2, 0.25) is 0 Å². The van der Waals surface area contributed by atoms with Gasteiger partial charge in [0.25, 0.3) is 0 Å². The lowest BCUT2D eigenvalue weighted by molar-refractivity contribution is 0.0317. The number of rotatable bonds is 7. The molecule has 0 bridgehead atoms. The Morgan fingerprint density at radius 3 is 2.64 bits per heavy atom. The monoisotopic (exact) mass is 452 g/mol. The second-order valence-electron chi connectivity index (χ2n) is 8.57. The zero-order chi connectivity index (χ0) is 22.5. The summed E-state index contributed by atoms with van der Waals surface area (Å²) in [5.41, 5.74) is 8.19. The number of morpholine rings is 2. The van der Waals surface area contributed by atoms with Gasteiger partial charge in [0.05, 0.1) is 32.1 Å². The van der Waals surface area contributed by atoms with Crippen LogP contribution >= 0.6 is 0 Å². The Kier molecular flexibility index (Phi) is 6.99. The SMILES string of the molecule is Cc1cccc2c1CC/C2=N\Nc1cc(N2CCOCC2)nc(OCCN2CCOCC2)n1. The molecule has 0 amide bonds. The highest BCUT2D eigenvalue weighted by atomic mass is 16.5. The number of fused-ring (bicyclic) bond motifs is 1. The molecule has 176 valence electrons.